The number of ether oxygens (including phenoxy) is 2. The fraction of sp³-hybridized carbons (Fsp3) is 0.160. The standard InChI is InChI=1S/C25H23N5O3/c1-32-21-11-18(12-22(13-21)33-2)25(31)28(16-19-14-26-23-7-3-5-9-29(19)23)17-20-15-27-24-8-4-6-10-30(20)24/h3-15H,16-17H2,1-2H3. The van der Waals surface area contributed by atoms with Gasteiger partial charge in [-0.1, -0.05) is 12.1 Å². The molecule has 0 spiro atoms. The number of imidazole rings is 2. The molecule has 0 radical (unpaired) electrons. The van der Waals surface area contributed by atoms with Gasteiger partial charge in [-0.05, 0) is 36.4 Å². The fourth-order valence-corrected chi connectivity index (χ4v) is 3.91. The maximum absolute atomic E-state index is 13.8. The average Bonchev–Trinajstić information content (AvgIpc) is 3.47. The number of amides is 1. The van der Waals surface area contributed by atoms with E-state index in [1.165, 1.54) is 0 Å². The van der Waals surface area contributed by atoms with Crippen molar-refractivity contribution in [3.05, 3.63) is 96.3 Å². The number of hydrogen-bond acceptors (Lipinski definition) is 5. The van der Waals surface area contributed by atoms with E-state index in [9.17, 15) is 4.79 Å². The second kappa shape index (κ2) is 8.66. The molecule has 1 aromatic carbocycles. The molecular weight excluding hydrogens is 418 g/mol. The molecule has 0 aliphatic rings. The molecule has 4 heterocycles. The zero-order valence-electron chi connectivity index (χ0n) is 18.4. The van der Waals surface area contributed by atoms with Crippen LogP contribution in [0.1, 0.15) is 21.7 Å². The Labute approximate surface area is 190 Å². The lowest BCUT2D eigenvalue weighted by molar-refractivity contribution is 0.0724. The number of carbonyl (C=O) groups is 1. The molecule has 0 saturated heterocycles. The molecule has 4 aromatic heterocycles. The molecule has 0 aliphatic heterocycles. The molecule has 0 saturated carbocycles. The highest BCUT2D eigenvalue weighted by Crippen LogP contribution is 2.25. The lowest BCUT2D eigenvalue weighted by Gasteiger charge is -2.23. The number of fused-ring (bicyclic) bond motifs is 2. The Bertz CT molecular complexity index is 1340. The Morgan fingerprint density at radius 1 is 0.818 bits per heavy atom. The number of benzene rings is 1. The number of rotatable bonds is 7. The first kappa shape index (κ1) is 20.6. The molecule has 5 rings (SSSR count). The van der Waals surface area contributed by atoms with E-state index in [2.05, 4.69) is 9.97 Å². The molecule has 0 aliphatic carbocycles. The topological polar surface area (TPSA) is 73.4 Å². The normalized spacial score (nSPS) is 11.1. The zero-order valence-corrected chi connectivity index (χ0v) is 18.4. The van der Waals surface area contributed by atoms with Crippen LogP contribution in [0.25, 0.3) is 11.3 Å². The van der Waals surface area contributed by atoms with Gasteiger partial charge in [0, 0.05) is 24.0 Å². The van der Waals surface area contributed by atoms with E-state index in [0.717, 1.165) is 22.7 Å². The Morgan fingerprint density at radius 3 is 1.82 bits per heavy atom. The summed E-state index contributed by atoms with van der Waals surface area (Å²) < 4.78 is 14.7. The Kier molecular flexibility index (Phi) is 5.40. The summed E-state index contributed by atoms with van der Waals surface area (Å²) in [5.74, 6) is 0.966. The van der Waals surface area contributed by atoms with Crippen LogP contribution in [-0.2, 0) is 13.1 Å². The van der Waals surface area contributed by atoms with Crippen LogP contribution >= 0.6 is 0 Å². The number of pyridine rings is 2. The van der Waals surface area contributed by atoms with Crippen molar-refractivity contribution in [1.82, 2.24) is 23.7 Å². The monoisotopic (exact) mass is 441 g/mol. The number of hydrogen-bond donors (Lipinski definition) is 0. The van der Waals surface area contributed by atoms with Crippen molar-refractivity contribution in [2.24, 2.45) is 0 Å². The van der Waals surface area contributed by atoms with Crippen LogP contribution in [0.4, 0.5) is 0 Å². The van der Waals surface area contributed by atoms with Gasteiger partial charge < -0.3 is 23.2 Å². The van der Waals surface area contributed by atoms with Gasteiger partial charge in [0.2, 0.25) is 0 Å². The molecule has 33 heavy (non-hydrogen) atoms. The van der Waals surface area contributed by atoms with E-state index in [-0.39, 0.29) is 5.91 Å². The van der Waals surface area contributed by atoms with Crippen molar-refractivity contribution in [2.75, 3.05) is 14.2 Å². The van der Waals surface area contributed by atoms with Crippen molar-refractivity contribution in [3.8, 4) is 11.5 Å². The van der Waals surface area contributed by atoms with Crippen molar-refractivity contribution >= 4 is 17.2 Å². The lowest BCUT2D eigenvalue weighted by atomic mass is 10.1. The highest BCUT2D eigenvalue weighted by Gasteiger charge is 2.21. The number of aromatic nitrogens is 4. The highest BCUT2D eigenvalue weighted by molar-refractivity contribution is 5.95. The average molecular weight is 441 g/mol. The van der Waals surface area contributed by atoms with Crippen molar-refractivity contribution in [1.29, 1.82) is 0 Å². The van der Waals surface area contributed by atoms with E-state index in [1.807, 2.05) is 57.6 Å². The van der Waals surface area contributed by atoms with Crippen LogP contribution < -0.4 is 9.47 Å². The van der Waals surface area contributed by atoms with Gasteiger partial charge in [-0.15, -0.1) is 0 Å². The van der Waals surface area contributed by atoms with Crippen LogP contribution in [0, 0.1) is 0 Å². The van der Waals surface area contributed by atoms with E-state index in [0.29, 0.717) is 30.2 Å². The van der Waals surface area contributed by atoms with Gasteiger partial charge >= 0.3 is 0 Å². The van der Waals surface area contributed by atoms with Crippen LogP contribution in [0.2, 0.25) is 0 Å². The predicted molar refractivity (Wildman–Crippen MR) is 124 cm³/mol. The molecule has 166 valence electrons. The SMILES string of the molecule is COc1cc(OC)cc(C(=O)N(Cc2cnc3ccccn23)Cc2cnc3ccccn23)c1. The largest absolute Gasteiger partial charge is 0.497 e. The maximum atomic E-state index is 13.8. The molecule has 8 nitrogen and oxygen atoms in total. The molecule has 0 N–H and O–H groups in total. The Morgan fingerprint density at radius 2 is 1.33 bits per heavy atom. The molecule has 0 unspecified atom stereocenters. The summed E-state index contributed by atoms with van der Waals surface area (Å²) in [4.78, 5) is 24.5. The minimum atomic E-state index is -0.149. The number of nitrogens with zero attached hydrogens (tertiary/aromatic N) is 5. The number of methoxy groups -OCH3 is 2. The van der Waals surface area contributed by atoms with Gasteiger partial charge in [-0.2, -0.15) is 0 Å². The third-order valence-electron chi connectivity index (χ3n) is 5.58. The van der Waals surface area contributed by atoms with E-state index in [1.54, 1.807) is 49.7 Å². The summed E-state index contributed by atoms with van der Waals surface area (Å²) in [6.45, 7) is 0.729. The van der Waals surface area contributed by atoms with Crippen molar-refractivity contribution in [2.45, 2.75) is 13.1 Å². The molecule has 5 aromatic rings. The summed E-state index contributed by atoms with van der Waals surface area (Å²) in [7, 11) is 3.13. The maximum Gasteiger partial charge on any atom is 0.254 e. The van der Waals surface area contributed by atoms with Gasteiger partial charge in [0.05, 0.1) is 51.1 Å². The molecule has 8 heteroatoms. The number of carbonyl (C=O) groups excluding carboxylic acids is 1. The van der Waals surface area contributed by atoms with Gasteiger partial charge in [0.1, 0.15) is 22.8 Å². The lowest BCUT2D eigenvalue weighted by Crippen LogP contribution is -2.31. The Balaban J connectivity index is 1.55. The third-order valence-corrected chi connectivity index (χ3v) is 5.58. The summed E-state index contributed by atoms with van der Waals surface area (Å²) in [6.07, 6.45) is 7.50. The highest BCUT2D eigenvalue weighted by atomic mass is 16.5. The molecule has 0 bridgehead atoms. The fourth-order valence-electron chi connectivity index (χ4n) is 3.91. The zero-order chi connectivity index (χ0) is 22.8. The van der Waals surface area contributed by atoms with E-state index < -0.39 is 0 Å². The minimum absolute atomic E-state index is 0.149. The smallest absolute Gasteiger partial charge is 0.254 e. The third kappa shape index (κ3) is 3.98. The van der Waals surface area contributed by atoms with E-state index in [4.69, 9.17) is 9.47 Å². The summed E-state index contributed by atoms with van der Waals surface area (Å²) in [5, 5.41) is 0. The second-order valence-corrected chi connectivity index (χ2v) is 7.62. The van der Waals surface area contributed by atoms with Gasteiger partial charge in [-0.3, -0.25) is 4.79 Å². The molecule has 1 amide bonds. The first-order valence-corrected chi connectivity index (χ1v) is 10.5. The molecule has 0 atom stereocenters. The predicted octanol–water partition coefficient (Wildman–Crippen LogP) is 3.84. The van der Waals surface area contributed by atoms with Gasteiger partial charge in [0.25, 0.3) is 5.91 Å². The molecular formula is C25H23N5O3. The first-order chi connectivity index (χ1) is 16.2. The first-order valence-electron chi connectivity index (χ1n) is 10.5. The quantitative estimate of drug-likeness (QED) is 0.384. The van der Waals surface area contributed by atoms with Gasteiger partial charge in [-0.25, -0.2) is 9.97 Å². The van der Waals surface area contributed by atoms with Crippen molar-refractivity contribution < 1.29 is 14.3 Å². The molecule has 0 fully saturated rings. The van der Waals surface area contributed by atoms with Crippen LogP contribution in [-0.4, -0.2) is 43.8 Å². The minimum Gasteiger partial charge on any atom is -0.497 e. The van der Waals surface area contributed by atoms with Crippen LogP contribution in [0.5, 0.6) is 11.5 Å². The summed E-state index contributed by atoms with van der Waals surface area (Å²) >= 11 is 0. The summed E-state index contributed by atoms with van der Waals surface area (Å²) in [6, 6.07) is 16.8. The van der Waals surface area contributed by atoms with Gasteiger partial charge in [0.15, 0.2) is 0 Å². The van der Waals surface area contributed by atoms with Crippen LogP contribution in [0.15, 0.2) is 79.4 Å². The second-order valence-electron chi connectivity index (χ2n) is 7.62. The Hall–Kier alpha value is -4.33. The van der Waals surface area contributed by atoms with Crippen LogP contribution in [0.3, 0.4) is 0 Å². The van der Waals surface area contributed by atoms with Crippen molar-refractivity contribution in [3.63, 3.8) is 0 Å². The van der Waals surface area contributed by atoms with E-state index >= 15 is 0 Å². The summed E-state index contributed by atoms with van der Waals surface area (Å²) in [5.41, 5.74) is 3.95.